The van der Waals surface area contributed by atoms with Gasteiger partial charge >= 0.3 is 0 Å². The van der Waals surface area contributed by atoms with Crippen molar-refractivity contribution >= 4 is 28.3 Å². The summed E-state index contributed by atoms with van der Waals surface area (Å²) in [5, 5.41) is 13.3. The summed E-state index contributed by atoms with van der Waals surface area (Å²) in [4.78, 5) is 14.2. The highest BCUT2D eigenvalue weighted by Gasteiger charge is 2.08. The molecule has 1 amide bonds. The molecule has 0 fully saturated rings. The molecule has 3 aromatic rings. The van der Waals surface area contributed by atoms with Crippen molar-refractivity contribution in [1.82, 2.24) is 15.4 Å². The Labute approximate surface area is 121 Å². The Balaban J connectivity index is 1.78. The number of aromatic amines is 1. The highest BCUT2D eigenvalue weighted by atomic mass is 16.1. The molecule has 2 N–H and O–H groups in total. The highest BCUT2D eigenvalue weighted by Crippen LogP contribution is 2.17. The number of hydrogen-bond acceptors (Lipinski definition) is 4. The monoisotopic (exact) mass is 281 g/mol. The summed E-state index contributed by atoms with van der Waals surface area (Å²) >= 11 is 0. The average Bonchev–Trinajstić information content (AvgIpc) is 2.95. The number of carbonyl (C=O) groups excluding carboxylic acids is 1. The molecule has 6 nitrogen and oxygen atoms in total. The van der Waals surface area contributed by atoms with E-state index in [1.165, 1.54) is 0 Å². The van der Waals surface area contributed by atoms with Gasteiger partial charge in [-0.15, -0.1) is 0 Å². The maximum atomic E-state index is 12.2. The number of fused-ring (bicyclic) bond motifs is 1. The molecule has 0 radical (unpaired) electrons. The lowest BCUT2D eigenvalue weighted by molar-refractivity contribution is 0.102. The van der Waals surface area contributed by atoms with Crippen LogP contribution in [0.4, 0.5) is 11.4 Å². The van der Waals surface area contributed by atoms with E-state index >= 15 is 0 Å². The fraction of sp³-hybridized carbons (Fsp3) is 0.133. The zero-order valence-corrected chi connectivity index (χ0v) is 11.8. The van der Waals surface area contributed by atoms with Crippen LogP contribution in [-0.4, -0.2) is 35.4 Å². The molecule has 106 valence electrons. The van der Waals surface area contributed by atoms with Crippen LogP contribution < -0.4 is 10.2 Å². The molecule has 0 saturated carbocycles. The number of aromatic nitrogens is 3. The van der Waals surface area contributed by atoms with Gasteiger partial charge in [0.1, 0.15) is 11.0 Å². The second-order valence-corrected chi connectivity index (χ2v) is 4.92. The van der Waals surface area contributed by atoms with Gasteiger partial charge in [0.05, 0.1) is 0 Å². The molecule has 3 rings (SSSR count). The lowest BCUT2D eigenvalue weighted by atomic mass is 10.2. The Morgan fingerprint density at radius 2 is 1.76 bits per heavy atom. The number of anilines is 2. The highest BCUT2D eigenvalue weighted by molar-refractivity contribution is 6.05. The number of nitrogens with one attached hydrogen (secondary N) is 2. The Bertz CT molecular complexity index is 776. The number of hydrogen-bond donors (Lipinski definition) is 2. The molecule has 2 aromatic carbocycles. The Morgan fingerprint density at radius 3 is 2.48 bits per heavy atom. The topological polar surface area (TPSA) is 73.9 Å². The second kappa shape index (κ2) is 5.24. The number of carbonyl (C=O) groups is 1. The predicted octanol–water partition coefficient (Wildman–Crippen LogP) is 2.28. The lowest BCUT2D eigenvalue weighted by Crippen LogP contribution is -2.12. The van der Waals surface area contributed by atoms with Crippen LogP contribution in [0.1, 0.15) is 10.4 Å². The van der Waals surface area contributed by atoms with Gasteiger partial charge in [0, 0.05) is 31.0 Å². The van der Waals surface area contributed by atoms with Crippen molar-refractivity contribution in [3.63, 3.8) is 0 Å². The SMILES string of the molecule is CN(C)c1ccc(NC(=O)c2ccc3n[nH]nc3c2)cc1. The fourth-order valence-electron chi connectivity index (χ4n) is 2.03. The first-order chi connectivity index (χ1) is 10.1. The summed E-state index contributed by atoms with van der Waals surface area (Å²) in [6.45, 7) is 0. The van der Waals surface area contributed by atoms with Gasteiger partial charge in [-0.05, 0) is 42.5 Å². The maximum absolute atomic E-state index is 12.2. The van der Waals surface area contributed by atoms with Crippen molar-refractivity contribution in [2.45, 2.75) is 0 Å². The van der Waals surface area contributed by atoms with Crippen molar-refractivity contribution in [1.29, 1.82) is 0 Å². The molecular formula is C15H15N5O. The molecule has 0 bridgehead atoms. The number of rotatable bonds is 3. The molecule has 0 aliphatic carbocycles. The van der Waals surface area contributed by atoms with Crippen LogP contribution in [0.25, 0.3) is 11.0 Å². The second-order valence-electron chi connectivity index (χ2n) is 4.92. The first-order valence-electron chi connectivity index (χ1n) is 6.53. The average molecular weight is 281 g/mol. The van der Waals surface area contributed by atoms with E-state index in [1.807, 2.05) is 43.3 Å². The van der Waals surface area contributed by atoms with Crippen LogP contribution in [0.15, 0.2) is 42.5 Å². The quantitative estimate of drug-likeness (QED) is 0.772. The summed E-state index contributed by atoms with van der Waals surface area (Å²) in [6.07, 6.45) is 0. The summed E-state index contributed by atoms with van der Waals surface area (Å²) in [5.74, 6) is -0.169. The van der Waals surface area contributed by atoms with E-state index < -0.39 is 0 Å². The van der Waals surface area contributed by atoms with Gasteiger partial charge in [0.25, 0.3) is 5.91 Å². The molecule has 21 heavy (non-hydrogen) atoms. The molecular weight excluding hydrogens is 266 g/mol. The lowest BCUT2D eigenvalue weighted by Gasteiger charge is -2.13. The van der Waals surface area contributed by atoms with E-state index in [-0.39, 0.29) is 5.91 Å². The molecule has 0 atom stereocenters. The van der Waals surface area contributed by atoms with E-state index in [2.05, 4.69) is 20.7 Å². The van der Waals surface area contributed by atoms with Crippen molar-refractivity contribution in [3.05, 3.63) is 48.0 Å². The van der Waals surface area contributed by atoms with Crippen molar-refractivity contribution in [2.75, 3.05) is 24.3 Å². The zero-order valence-electron chi connectivity index (χ0n) is 11.8. The smallest absolute Gasteiger partial charge is 0.255 e. The van der Waals surface area contributed by atoms with Crippen molar-refractivity contribution in [3.8, 4) is 0 Å². The van der Waals surface area contributed by atoms with E-state index in [0.29, 0.717) is 11.1 Å². The van der Waals surface area contributed by atoms with Crippen LogP contribution in [0.3, 0.4) is 0 Å². The van der Waals surface area contributed by atoms with Gasteiger partial charge in [-0.2, -0.15) is 15.4 Å². The third kappa shape index (κ3) is 2.69. The van der Waals surface area contributed by atoms with E-state index in [1.54, 1.807) is 18.2 Å². The minimum absolute atomic E-state index is 0.169. The Morgan fingerprint density at radius 1 is 1.05 bits per heavy atom. The summed E-state index contributed by atoms with van der Waals surface area (Å²) in [6, 6.07) is 12.9. The van der Waals surface area contributed by atoms with Crippen LogP contribution in [0.5, 0.6) is 0 Å². The summed E-state index contributed by atoms with van der Waals surface area (Å²) < 4.78 is 0. The number of H-pyrrole nitrogens is 1. The third-order valence-corrected chi connectivity index (χ3v) is 3.22. The normalized spacial score (nSPS) is 10.6. The fourth-order valence-corrected chi connectivity index (χ4v) is 2.03. The van der Waals surface area contributed by atoms with E-state index in [0.717, 1.165) is 16.9 Å². The van der Waals surface area contributed by atoms with Gasteiger partial charge in [-0.3, -0.25) is 4.79 Å². The van der Waals surface area contributed by atoms with Crippen LogP contribution in [0.2, 0.25) is 0 Å². The van der Waals surface area contributed by atoms with Crippen molar-refractivity contribution < 1.29 is 4.79 Å². The largest absolute Gasteiger partial charge is 0.378 e. The molecule has 0 aliphatic rings. The molecule has 1 aromatic heterocycles. The molecule has 0 unspecified atom stereocenters. The molecule has 0 spiro atoms. The van der Waals surface area contributed by atoms with Gasteiger partial charge in [0.2, 0.25) is 0 Å². The molecule has 0 aliphatic heterocycles. The number of nitrogens with zero attached hydrogens (tertiary/aromatic N) is 3. The third-order valence-electron chi connectivity index (χ3n) is 3.22. The number of amides is 1. The predicted molar refractivity (Wildman–Crippen MR) is 82.6 cm³/mol. The maximum Gasteiger partial charge on any atom is 0.255 e. The molecule has 6 heteroatoms. The standard InChI is InChI=1S/C15H15N5O/c1-20(2)12-6-4-11(5-7-12)16-15(21)10-3-8-13-14(9-10)18-19-17-13/h3-9H,1-2H3,(H,16,21)(H,17,18,19). The van der Waals surface area contributed by atoms with Crippen LogP contribution in [0, 0.1) is 0 Å². The minimum Gasteiger partial charge on any atom is -0.378 e. The molecule has 1 heterocycles. The van der Waals surface area contributed by atoms with Gasteiger partial charge in [-0.25, -0.2) is 0 Å². The van der Waals surface area contributed by atoms with E-state index in [9.17, 15) is 4.79 Å². The van der Waals surface area contributed by atoms with E-state index in [4.69, 9.17) is 0 Å². The first kappa shape index (κ1) is 13.1. The Kier molecular flexibility index (Phi) is 3.27. The zero-order chi connectivity index (χ0) is 14.8. The first-order valence-corrected chi connectivity index (χ1v) is 6.53. The van der Waals surface area contributed by atoms with Gasteiger partial charge < -0.3 is 10.2 Å². The number of benzene rings is 2. The van der Waals surface area contributed by atoms with Crippen LogP contribution >= 0.6 is 0 Å². The van der Waals surface area contributed by atoms with Crippen LogP contribution in [-0.2, 0) is 0 Å². The van der Waals surface area contributed by atoms with Gasteiger partial charge in [0.15, 0.2) is 0 Å². The Hall–Kier alpha value is -2.89. The summed E-state index contributed by atoms with van der Waals surface area (Å²) in [7, 11) is 3.95. The van der Waals surface area contributed by atoms with Crippen molar-refractivity contribution in [2.24, 2.45) is 0 Å². The van der Waals surface area contributed by atoms with Gasteiger partial charge in [-0.1, -0.05) is 0 Å². The molecule has 0 saturated heterocycles. The minimum atomic E-state index is -0.169. The summed E-state index contributed by atoms with van der Waals surface area (Å²) in [5.41, 5.74) is 3.79.